The molecule has 1 aliphatic rings. The molecule has 0 saturated heterocycles. The Morgan fingerprint density at radius 2 is 1.86 bits per heavy atom. The first-order valence-electron chi connectivity index (χ1n) is 7.94. The highest BCUT2D eigenvalue weighted by Gasteiger charge is 2.27. The highest BCUT2D eigenvalue weighted by Crippen LogP contribution is 2.30. The molecule has 1 amide bonds. The van der Waals surface area contributed by atoms with Crippen molar-refractivity contribution in [3.05, 3.63) is 48.3 Å². The van der Waals surface area contributed by atoms with E-state index in [-0.39, 0.29) is 5.91 Å². The molecule has 114 valence electrons. The fraction of sp³-hybridized carbons (Fsp3) is 0.389. The quantitative estimate of drug-likeness (QED) is 0.820. The molecule has 0 N–H and O–H groups in total. The largest absolute Gasteiger partial charge is 0.338 e. The molecule has 0 spiro atoms. The highest BCUT2D eigenvalue weighted by atomic mass is 16.2. The molecule has 0 aliphatic heterocycles. The molecule has 0 unspecified atom stereocenters. The van der Waals surface area contributed by atoms with Crippen LogP contribution in [0.4, 0.5) is 0 Å². The third kappa shape index (κ3) is 3.50. The summed E-state index contributed by atoms with van der Waals surface area (Å²) >= 11 is 0. The van der Waals surface area contributed by atoms with Crippen molar-refractivity contribution in [2.45, 2.75) is 26.2 Å². The van der Waals surface area contributed by atoms with Crippen molar-refractivity contribution in [3.63, 3.8) is 0 Å². The zero-order valence-corrected chi connectivity index (χ0v) is 12.9. The molecule has 1 aromatic heterocycles. The number of benzene rings is 1. The predicted molar refractivity (Wildman–Crippen MR) is 86.4 cm³/mol. The maximum absolute atomic E-state index is 12.6. The molecule has 3 rings (SSSR count). The summed E-state index contributed by atoms with van der Waals surface area (Å²) in [5.41, 5.74) is 1.54. The second-order valence-electron chi connectivity index (χ2n) is 5.86. The second kappa shape index (κ2) is 6.69. The summed E-state index contributed by atoms with van der Waals surface area (Å²) < 4.78 is 0. The molecule has 2 aromatic rings. The third-order valence-corrected chi connectivity index (χ3v) is 3.89. The Balaban J connectivity index is 1.74. The minimum Gasteiger partial charge on any atom is -0.338 e. The average molecular weight is 295 g/mol. The first-order valence-corrected chi connectivity index (χ1v) is 7.94. The zero-order chi connectivity index (χ0) is 15.4. The summed E-state index contributed by atoms with van der Waals surface area (Å²) in [4.78, 5) is 23.2. The molecule has 1 heterocycles. The van der Waals surface area contributed by atoms with E-state index in [4.69, 9.17) is 0 Å². The number of nitrogens with zero attached hydrogens (tertiary/aromatic N) is 3. The van der Waals surface area contributed by atoms with Crippen molar-refractivity contribution in [2.24, 2.45) is 5.92 Å². The summed E-state index contributed by atoms with van der Waals surface area (Å²) in [5.74, 6) is 1.40. The minimum absolute atomic E-state index is 0.0494. The molecule has 4 heteroatoms. The van der Waals surface area contributed by atoms with Crippen LogP contribution in [-0.4, -0.2) is 33.9 Å². The molecular weight excluding hydrogens is 274 g/mol. The van der Waals surface area contributed by atoms with Crippen LogP contribution in [0.1, 0.15) is 36.5 Å². The van der Waals surface area contributed by atoms with Crippen LogP contribution in [0.3, 0.4) is 0 Å². The van der Waals surface area contributed by atoms with Crippen LogP contribution >= 0.6 is 0 Å². The van der Waals surface area contributed by atoms with E-state index in [2.05, 4.69) is 16.9 Å². The number of amides is 1. The van der Waals surface area contributed by atoms with Gasteiger partial charge in [-0.05, 0) is 25.2 Å². The third-order valence-electron chi connectivity index (χ3n) is 3.89. The maximum atomic E-state index is 12.6. The van der Waals surface area contributed by atoms with Gasteiger partial charge >= 0.3 is 0 Å². The Morgan fingerprint density at radius 1 is 1.18 bits per heavy atom. The molecule has 22 heavy (non-hydrogen) atoms. The predicted octanol–water partition coefficient (Wildman–Crippen LogP) is 3.41. The van der Waals surface area contributed by atoms with E-state index in [1.165, 1.54) is 12.8 Å². The molecule has 1 aliphatic carbocycles. The highest BCUT2D eigenvalue weighted by molar-refractivity contribution is 5.93. The van der Waals surface area contributed by atoms with Gasteiger partial charge in [0.15, 0.2) is 5.82 Å². The van der Waals surface area contributed by atoms with Crippen LogP contribution in [0.2, 0.25) is 0 Å². The van der Waals surface area contributed by atoms with E-state index in [9.17, 15) is 4.79 Å². The Hall–Kier alpha value is -2.23. The molecule has 1 aromatic carbocycles. The number of hydrogen-bond donors (Lipinski definition) is 0. The lowest BCUT2D eigenvalue weighted by Gasteiger charge is -2.21. The lowest BCUT2D eigenvalue weighted by molar-refractivity contribution is 0.0747. The van der Waals surface area contributed by atoms with E-state index in [0.29, 0.717) is 17.3 Å². The van der Waals surface area contributed by atoms with E-state index >= 15 is 0 Å². The van der Waals surface area contributed by atoms with Crippen molar-refractivity contribution >= 4 is 5.91 Å². The van der Waals surface area contributed by atoms with E-state index in [1.807, 2.05) is 35.2 Å². The van der Waals surface area contributed by atoms with Crippen molar-refractivity contribution < 1.29 is 4.79 Å². The molecule has 4 nitrogen and oxygen atoms in total. The number of rotatable bonds is 6. The Labute approximate surface area is 131 Å². The normalized spacial score (nSPS) is 13.9. The van der Waals surface area contributed by atoms with Gasteiger partial charge in [0.1, 0.15) is 0 Å². The van der Waals surface area contributed by atoms with Crippen LogP contribution in [0.5, 0.6) is 0 Å². The Bertz CT molecular complexity index is 621. The number of hydrogen-bond acceptors (Lipinski definition) is 3. The van der Waals surface area contributed by atoms with Crippen LogP contribution in [0.15, 0.2) is 42.7 Å². The summed E-state index contributed by atoms with van der Waals surface area (Å²) in [5, 5.41) is 0. The van der Waals surface area contributed by atoms with E-state index in [0.717, 1.165) is 25.1 Å². The summed E-state index contributed by atoms with van der Waals surface area (Å²) in [6, 6.07) is 9.80. The van der Waals surface area contributed by atoms with Gasteiger partial charge in [-0.15, -0.1) is 0 Å². The number of carbonyl (C=O) groups excluding carboxylic acids is 1. The Morgan fingerprint density at radius 3 is 2.45 bits per heavy atom. The zero-order valence-electron chi connectivity index (χ0n) is 12.9. The SMILES string of the molecule is CCCN(CC1CC1)C(=O)c1cnc(-c2ccccc2)nc1. The van der Waals surface area contributed by atoms with Gasteiger partial charge in [-0.2, -0.15) is 0 Å². The fourth-order valence-electron chi connectivity index (χ4n) is 2.52. The van der Waals surface area contributed by atoms with Crippen molar-refractivity contribution in [1.82, 2.24) is 14.9 Å². The van der Waals surface area contributed by atoms with Gasteiger partial charge in [0.05, 0.1) is 5.56 Å². The first kappa shape index (κ1) is 14.7. The van der Waals surface area contributed by atoms with Crippen LogP contribution in [0, 0.1) is 5.92 Å². The summed E-state index contributed by atoms with van der Waals surface area (Å²) in [6.07, 6.45) is 6.76. The van der Waals surface area contributed by atoms with Crippen LogP contribution < -0.4 is 0 Å². The van der Waals surface area contributed by atoms with Crippen molar-refractivity contribution in [3.8, 4) is 11.4 Å². The molecule has 0 atom stereocenters. The van der Waals surface area contributed by atoms with Gasteiger partial charge in [0, 0.05) is 31.0 Å². The molecule has 0 bridgehead atoms. The van der Waals surface area contributed by atoms with Gasteiger partial charge in [-0.25, -0.2) is 9.97 Å². The van der Waals surface area contributed by atoms with Gasteiger partial charge in [-0.1, -0.05) is 37.3 Å². The molecular formula is C18H21N3O. The topological polar surface area (TPSA) is 46.1 Å². The number of aromatic nitrogens is 2. The Kier molecular flexibility index (Phi) is 4.47. The van der Waals surface area contributed by atoms with Gasteiger partial charge in [0.25, 0.3) is 5.91 Å². The molecule has 0 radical (unpaired) electrons. The lowest BCUT2D eigenvalue weighted by atomic mass is 10.2. The standard InChI is InChI=1S/C18H21N3O/c1-2-10-21(13-14-8-9-14)18(22)16-11-19-17(20-12-16)15-6-4-3-5-7-15/h3-7,11-12,14H,2,8-10,13H2,1H3. The van der Waals surface area contributed by atoms with Gasteiger partial charge < -0.3 is 4.90 Å². The molecule has 1 saturated carbocycles. The fourth-order valence-corrected chi connectivity index (χ4v) is 2.52. The van der Waals surface area contributed by atoms with E-state index < -0.39 is 0 Å². The first-order chi connectivity index (χ1) is 10.8. The monoisotopic (exact) mass is 295 g/mol. The maximum Gasteiger partial charge on any atom is 0.256 e. The van der Waals surface area contributed by atoms with E-state index in [1.54, 1.807) is 12.4 Å². The number of carbonyl (C=O) groups is 1. The van der Waals surface area contributed by atoms with Crippen LogP contribution in [-0.2, 0) is 0 Å². The lowest BCUT2D eigenvalue weighted by Crippen LogP contribution is -2.33. The van der Waals surface area contributed by atoms with Crippen LogP contribution in [0.25, 0.3) is 11.4 Å². The van der Waals surface area contributed by atoms with Crippen molar-refractivity contribution in [2.75, 3.05) is 13.1 Å². The molecule has 1 fully saturated rings. The van der Waals surface area contributed by atoms with Gasteiger partial charge in [-0.3, -0.25) is 4.79 Å². The van der Waals surface area contributed by atoms with Crippen molar-refractivity contribution in [1.29, 1.82) is 0 Å². The summed E-state index contributed by atoms with van der Waals surface area (Å²) in [6.45, 7) is 3.77. The average Bonchev–Trinajstić information content (AvgIpc) is 3.39. The minimum atomic E-state index is 0.0494. The second-order valence-corrected chi connectivity index (χ2v) is 5.86. The smallest absolute Gasteiger partial charge is 0.256 e. The summed E-state index contributed by atoms with van der Waals surface area (Å²) in [7, 11) is 0. The van der Waals surface area contributed by atoms with Gasteiger partial charge in [0.2, 0.25) is 0 Å².